The van der Waals surface area contributed by atoms with Crippen molar-refractivity contribution in [3.05, 3.63) is 47.7 Å². The van der Waals surface area contributed by atoms with Crippen molar-refractivity contribution in [2.24, 2.45) is 5.73 Å². The van der Waals surface area contributed by atoms with E-state index in [1.54, 1.807) is 17.9 Å². The van der Waals surface area contributed by atoms with E-state index in [4.69, 9.17) is 10.2 Å². The van der Waals surface area contributed by atoms with Crippen LogP contribution in [0.3, 0.4) is 0 Å². The molecule has 1 saturated carbocycles. The van der Waals surface area contributed by atoms with Gasteiger partial charge in [-0.25, -0.2) is 0 Å². The first kappa shape index (κ1) is 20.3. The number of hydrogen-bond donors (Lipinski definition) is 1. The number of carbonyl (C=O) groups is 1. The first-order chi connectivity index (χ1) is 11.8. The lowest BCUT2D eigenvalue weighted by Crippen LogP contribution is -2.42. The lowest BCUT2D eigenvalue weighted by molar-refractivity contribution is -0.137. The van der Waals surface area contributed by atoms with Gasteiger partial charge in [0.25, 0.3) is 0 Å². The smallest absolute Gasteiger partial charge is 0.417 e. The van der Waals surface area contributed by atoms with Crippen molar-refractivity contribution in [3.63, 3.8) is 0 Å². The first-order valence-corrected chi connectivity index (χ1v) is 8.08. The van der Waals surface area contributed by atoms with Crippen LogP contribution in [0.1, 0.15) is 31.1 Å². The van der Waals surface area contributed by atoms with Crippen LogP contribution in [-0.2, 0) is 17.5 Å². The number of nitrogens with zero attached hydrogens (tertiary/aromatic N) is 1. The van der Waals surface area contributed by atoms with E-state index in [2.05, 4.69) is 0 Å². The Morgan fingerprint density at radius 2 is 1.92 bits per heavy atom. The molecule has 1 amide bonds. The molecule has 1 aliphatic rings. The Balaban J connectivity index is 0.00000243. The predicted molar refractivity (Wildman–Crippen MR) is 93.6 cm³/mol. The van der Waals surface area contributed by atoms with Crippen LogP contribution in [0.25, 0.3) is 11.3 Å². The zero-order valence-electron chi connectivity index (χ0n) is 14.1. The summed E-state index contributed by atoms with van der Waals surface area (Å²) in [6, 6.07) is 7.88. The third-order valence-electron chi connectivity index (χ3n) is 4.15. The van der Waals surface area contributed by atoms with E-state index in [0.717, 1.165) is 18.9 Å². The zero-order chi connectivity index (χ0) is 18.2. The van der Waals surface area contributed by atoms with Crippen LogP contribution in [0.2, 0.25) is 0 Å². The van der Waals surface area contributed by atoms with Gasteiger partial charge in [-0.1, -0.05) is 18.2 Å². The highest BCUT2D eigenvalue weighted by Gasteiger charge is 2.35. The van der Waals surface area contributed by atoms with Crippen molar-refractivity contribution in [1.29, 1.82) is 0 Å². The van der Waals surface area contributed by atoms with Gasteiger partial charge in [-0.15, -0.1) is 12.4 Å². The minimum Gasteiger partial charge on any atom is -0.459 e. The Kier molecular flexibility index (Phi) is 6.03. The Bertz CT molecular complexity index is 770. The van der Waals surface area contributed by atoms with Gasteiger partial charge in [-0.05, 0) is 38.0 Å². The number of amides is 1. The number of benzene rings is 1. The molecule has 142 valence electrons. The van der Waals surface area contributed by atoms with E-state index in [9.17, 15) is 18.0 Å². The Morgan fingerprint density at radius 1 is 1.27 bits per heavy atom. The van der Waals surface area contributed by atoms with Gasteiger partial charge in [0.15, 0.2) is 0 Å². The second-order valence-corrected chi connectivity index (χ2v) is 6.30. The fourth-order valence-electron chi connectivity index (χ4n) is 2.76. The third kappa shape index (κ3) is 4.40. The molecule has 1 heterocycles. The molecule has 0 spiro atoms. The molecule has 0 aliphatic heterocycles. The van der Waals surface area contributed by atoms with Crippen LogP contribution in [0.15, 0.2) is 40.8 Å². The van der Waals surface area contributed by atoms with Gasteiger partial charge in [0, 0.05) is 11.6 Å². The maximum atomic E-state index is 13.2. The quantitative estimate of drug-likeness (QED) is 0.834. The van der Waals surface area contributed by atoms with Crippen molar-refractivity contribution in [2.75, 3.05) is 0 Å². The fraction of sp³-hybridized carbons (Fsp3) is 0.389. The molecule has 4 nitrogen and oxygen atoms in total. The number of carbonyl (C=O) groups excluding carboxylic acids is 1. The van der Waals surface area contributed by atoms with Crippen molar-refractivity contribution in [1.82, 2.24) is 4.90 Å². The van der Waals surface area contributed by atoms with E-state index in [0.29, 0.717) is 5.76 Å². The second kappa shape index (κ2) is 7.72. The normalized spacial score (nSPS) is 15.3. The molecule has 26 heavy (non-hydrogen) atoms. The molecule has 2 aromatic rings. The van der Waals surface area contributed by atoms with E-state index >= 15 is 0 Å². The lowest BCUT2D eigenvalue weighted by atomic mass is 10.1. The van der Waals surface area contributed by atoms with Crippen molar-refractivity contribution in [2.45, 2.75) is 44.6 Å². The second-order valence-electron chi connectivity index (χ2n) is 6.30. The van der Waals surface area contributed by atoms with E-state index in [-0.39, 0.29) is 42.2 Å². The summed E-state index contributed by atoms with van der Waals surface area (Å²) in [4.78, 5) is 13.8. The number of nitrogens with two attached hydrogens (primary N) is 1. The Morgan fingerprint density at radius 3 is 2.50 bits per heavy atom. The van der Waals surface area contributed by atoms with Crippen LogP contribution in [-0.4, -0.2) is 22.9 Å². The maximum absolute atomic E-state index is 13.2. The minimum atomic E-state index is -4.46. The van der Waals surface area contributed by atoms with Gasteiger partial charge in [0.05, 0.1) is 18.2 Å². The average molecular weight is 389 g/mol. The van der Waals surface area contributed by atoms with Crippen molar-refractivity contribution >= 4 is 18.3 Å². The molecule has 1 atom stereocenters. The average Bonchev–Trinajstić information content (AvgIpc) is 3.29. The van der Waals surface area contributed by atoms with Crippen LogP contribution < -0.4 is 5.73 Å². The van der Waals surface area contributed by atoms with Crippen LogP contribution >= 0.6 is 12.4 Å². The van der Waals surface area contributed by atoms with E-state index < -0.39 is 17.8 Å². The third-order valence-corrected chi connectivity index (χ3v) is 4.15. The van der Waals surface area contributed by atoms with Crippen molar-refractivity contribution in [3.8, 4) is 11.3 Å². The predicted octanol–water partition coefficient (Wildman–Crippen LogP) is 4.23. The molecule has 1 aromatic heterocycles. The zero-order valence-corrected chi connectivity index (χ0v) is 14.9. The highest BCUT2D eigenvalue weighted by molar-refractivity contribution is 5.85. The Hall–Kier alpha value is -1.99. The highest BCUT2D eigenvalue weighted by atomic mass is 35.5. The monoisotopic (exact) mass is 388 g/mol. The SMILES string of the molecule is C[C@H](N)C(=O)N(Cc1ccc(-c2ccccc2C(F)(F)F)o1)C1CC1.Cl. The molecule has 1 aromatic carbocycles. The summed E-state index contributed by atoms with van der Waals surface area (Å²) in [5.74, 6) is 0.385. The molecule has 0 unspecified atom stereocenters. The van der Waals surface area contributed by atoms with E-state index in [1.807, 2.05) is 0 Å². The lowest BCUT2D eigenvalue weighted by Gasteiger charge is -2.23. The van der Waals surface area contributed by atoms with Gasteiger partial charge in [-0.2, -0.15) is 13.2 Å². The van der Waals surface area contributed by atoms with Gasteiger partial charge in [0.2, 0.25) is 5.91 Å². The Labute approximate surface area is 155 Å². The summed E-state index contributed by atoms with van der Waals surface area (Å²) in [7, 11) is 0. The molecule has 8 heteroatoms. The number of halogens is 4. The molecular weight excluding hydrogens is 369 g/mol. The van der Waals surface area contributed by atoms with E-state index in [1.165, 1.54) is 24.3 Å². The topological polar surface area (TPSA) is 59.5 Å². The molecule has 3 rings (SSSR count). The number of rotatable bonds is 5. The van der Waals surface area contributed by atoms with Gasteiger partial charge in [0.1, 0.15) is 11.5 Å². The number of alkyl halides is 3. The molecule has 0 radical (unpaired) electrons. The summed E-state index contributed by atoms with van der Waals surface area (Å²) in [5, 5.41) is 0. The number of furan rings is 1. The van der Waals surface area contributed by atoms with Crippen LogP contribution in [0, 0.1) is 0 Å². The molecule has 2 N–H and O–H groups in total. The largest absolute Gasteiger partial charge is 0.459 e. The molecule has 1 fully saturated rings. The standard InChI is InChI=1S/C18H19F3N2O2.ClH/c1-11(22)17(24)23(12-6-7-12)10-13-8-9-16(25-13)14-4-2-3-5-15(14)18(19,20)21;/h2-5,8-9,11-12H,6-7,10,22H2,1H3;1H/t11-;/m0./s1. The van der Waals surface area contributed by atoms with Crippen molar-refractivity contribution < 1.29 is 22.4 Å². The summed E-state index contributed by atoms with van der Waals surface area (Å²) < 4.78 is 45.1. The highest BCUT2D eigenvalue weighted by Crippen LogP contribution is 2.38. The van der Waals surface area contributed by atoms with Gasteiger partial charge >= 0.3 is 6.18 Å². The molecule has 0 saturated heterocycles. The van der Waals surface area contributed by atoms with Gasteiger partial charge < -0.3 is 15.1 Å². The summed E-state index contributed by atoms with van der Waals surface area (Å²) in [6.45, 7) is 1.82. The summed E-state index contributed by atoms with van der Waals surface area (Å²) in [6.07, 6.45) is -2.65. The van der Waals surface area contributed by atoms with Crippen LogP contribution in [0.5, 0.6) is 0 Å². The molecule has 0 bridgehead atoms. The minimum absolute atomic E-state index is 0. The first-order valence-electron chi connectivity index (χ1n) is 8.08. The fourth-order valence-corrected chi connectivity index (χ4v) is 2.76. The molecule has 1 aliphatic carbocycles. The van der Waals surface area contributed by atoms with Gasteiger partial charge in [-0.3, -0.25) is 4.79 Å². The molecular formula is C18H20ClF3N2O2. The summed E-state index contributed by atoms with van der Waals surface area (Å²) in [5.41, 5.74) is 4.91. The van der Waals surface area contributed by atoms with Crippen LogP contribution in [0.4, 0.5) is 13.2 Å². The summed E-state index contributed by atoms with van der Waals surface area (Å²) >= 11 is 0. The number of hydrogen-bond acceptors (Lipinski definition) is 3. The maximum Gasteiger partial charge on any atom is 0.417 e.